The molecule has 4 nitrogen and oxygen atoms in total. The molecule has 0 saturated carbocycles. The molecule has 1 amide bonds. The summed E-state index contributed by atoms with van der Waals surface area (Å²) < 4.78 is 43.3. The molecule has 104 valence electrons. The average molecular weight is 274 g/mol. The Balaban J connectivity index is 2.71. The van der Waals surface area contributed by atoms with Crippen LogP contribution in [0, 0.1) is 17.5 Å². The lowest BCUT2D eigenvalue weighted by Gasteiger charge is -2.06. The first-order chi connectivity index (χ1) is 8.95. The first kappa shape index (κ1) is 15.0. The number of carbonyl (C=O) groups is 1. The van der Waals surface area contributed by atoms with E-state index in [9.17, 15) is 18.0 Å². The Hall–Kier alpha value is -2.02. The molecule has 0 aliphatic rings. The van der Waals surface area contributed by atoms with Gasteiger partial charge in [0.1, 0.15) is 0 Å². The van der Waals surface area contributed by atoms with Gasteiger partial charge in [0.25, 0.3) is 0 Å². The van der Waals surface area contributed by atoms with Crippen molar-refractivity contribution in [3.8, 4) is 0 Å². The fourth-order valence-corrected chi connectivity index (χ4v) is 1.34. The molecule has 3 N–H and O–H groups in total. The van der Waals surface area contributed by atoms with Crippen molar-refractivity contribution in [2.75, 3.05) is 13.7 Å². The molecule has 0 heterocycles. The van der Waals surface area contributed by atoms with Crippen LogP contribution in [-0.2, 0) is 16.1 Å². The van der Waals surface area contributed by atoms with Crippen molar-refractivity contribution in [1.29, 1.82) is 0 Å². The molecule has 0 fully saturated rings. The van der Waals surface area contributed by atoms with Gasteiger partial charge in [-0.3, -0.25) is 4.79 Å². The van der Waals surface area contributed by atoms with Gasteiger partial charge < -0.3 is 15.8 Å². The topological polar surface area (TPSA) is 64.3 Å². The maximum atomic E-state index is 12.9. The van der Waals surface area contributed by atoms with E-state index < -0.39 is 23.4 Å². The van der Waals surface area contributed by atoms with Gasteiger partial charge in [-0.05, 0) is 17.7 Å². The average Bonchev–Trinajstić information content (AvgIpc) is 2.34. The summed E-state index contributed by atoms with van der Waals surface area (Å²) in [5.41, 5.74) is 5.43. The third-order valence-electron chi connectivity index (χ3n) is 2.24. The molecule has 0 bridgehead atoms. The predicted molar refractivity (Wildman–Crippen MR) is 62.3 cm³/mol. The molecule has 7 heteroatoms. The second kappa shape index (κ2) is 6.79. The Labute approximate surface area is 108 Å². The summed E-state index contributed by atoms with van der Waals surface area (Å²) in [5.74, 6) is -4.73. The molecule has 0 aliphatic carbocycles. The summed E-state index contributed by atoms with van der Waals surface area (Å²) in [6.45, 7) is 0.0170. The summed E-state index contributed by atoms with van der Waals surface area (Å²) >= 11 is 0. The summed E-state index contributed by atoms with van der Waals surface area (Å²) in [4.78, 5) is 10.9. The van der Waals surface area contributed by atoms with Gasteiger partial charge in [-0.15, -0.1) is 0 Å². The monoisotopic (exact) mass is 274 g/mol. The molecule has 1 aromatic rings. The summed E-state index contributed by atoms with van der Waals surface area (Å²) in [6, 6.07) is 1.72. The standard InChI is InChI=1S/C12H13F3N2O2/c1-19-6-8(12(16)18)5-17-4-7-2-9(13)11(15)10(14)3-7/h2-3,5,17H,4,6H2,1H3,(H2,16,18)/b8-5-. The number of rotatable bonds is 6. The van der Waals surface area contributed by atoms with Crippen molar-refractivity contribution < 1.29 is 22.7 Å². The van der Waals surface area contributed by atoms with Gasteiger partial charge in [0.15, 0.2) is 17.5 Å². The fraction of sp³-hybridized carbons (Fsp3) is 0.250. The third-order valence-corrected chi connectivity index (χ3v) is 2.24. The Morgan fingerprint density at radius 1 is 1.37 bits per heavy atom. The number of hydrogen-bond acceptors (Lipinski definition) is 3. The normalized spacial score (nSPS) is 11.5. The molecule has 0 radical (unpaired) electrons. The van der Waals surface area contributed by atoms with Crippen molar-refractivity contribution >= 4 is 5.91 Å². The number of nitrogens with one attached hydrogen (secondary N) is 1. The largest absolute Gasteiger partial charge is 0.386 e. The van der Waals surface area contributed by atoms with Crippen LogP contribution in [0.1, 0.15) is 5.56 Å². The minimum atomic E-state index is -1.52. The molecule has 0 saturated heterocycles. The second-order valence-corrected chi connectivity index (χ2v) is 3.72. The molecule has 0 aromatic heterocycles. The van der Waals surface area contributed by atoms with Gasteiger partial charge in [0.2, 0.25) is 5.91 Å². The number of carbonyl (C=O) groups excluding carboxylic acids is 1. The summed E-state index contributed by atoms with van der Waals surface area (Å²) in [7, 11) is 1.39. The lowest BCUT2D eigenvalue weighted by molar-refractivity contribution is -0.115. The van der Waals surface area contributed by atoms with Gasteiger partial charge in [-0.1, -0.05) is 0 Å². The van der Waals surface area contributed by atoms with E-state index in [0.717, 1.165) is 12.1 Å². The van der Waals surface area contributed by atoms with Crippen LogP contribution in [0.25, 0.3) is 0 Å². The Morgan fingerprint density at radius 2 is 1.95 bits per heavy atom. The Bertz CT molecular complexity index is 481. The quantitative estimate of drug-likeness (QED) is 0.605. The number of primary amides is 1. The molecule has 19 heavy (non-hydrogen) atoms. The Morgan fingerprint density at radius 3 is 2.42 bits per heavy atom. The van der Waals surface area contributed by atoms with E-state index in [0.29, 0.717) is 0 Å². The van der Waals surface area contributed by atoms with Gasteiger partial charge in [0.05, 0.1) is 12.2 Å². The lowest BCUT2D eigenvalue weighted by atomic mass is 10.2. The van der Waals surface area contributed by atoms with Gasteiger partial charge >= 0.3 is 0 Å². The number of halogens is 3. The van der Waals surface area contributed by atoms with Gasteiger partial charge in [-0.25, -0.2) is 13.2 Å². The molecule has 1 aromatic carbocycles. The zero-order valence-electron chi connectivity index (χ0n) is 10.2. The van der Waals surface area contributed by atoms with Crippen LogP contribution in [0.15, 0.2) is 23.9 Å². The third kappa shape index (κ3) is 4.29. The molecule has 0 unspecified atom stereocenters. The van der Waals surface area contributed by atoms with Crippen LogP contribution in [0.3, 0.4) is 0 Å². The van der Waals surface area contributed by atoms with Crippen molar-refractivity contribution in [2.45, 2.75) is 6.54 Å². The molecular formula is C12H13F3N2O2. The molecule has 0 spiro atoms. The van der Waals surface area contributed by atoms with Gasteiger partial charge in [0, 0.05) is 19.9 Å². The van der Waals surface area contributed by atoms with Crippen LogP contribution in [0.4, 0.5) is 13.2 Å². The molecule has 1 rings (SSSR count). The highest BCUT2D eigenvalue weighted by molar-refractivity contribution is 5.92. The summed E-state index contributed by atoms with van der Waals surface area (Å²) in [6.07, 6.45) is 1.28. The minimum absolute atomic E-state index is 0.00841. The highest BCUT2D eigenvalue weighted by Crippen LogP contribution is 2.13. The maximum absolute atomic E-state index is 12.9. The van der Waals surface area contributed by atoms with E-state index in [1.54, 1.807) is 0 Å². The molecular weight excluding hydrogens is 261 g/mol. The number of hydrogen-bond donors (Lipinski definition) is 2. The fourth-order valence-electron chi connectivity index (χ4n) is 1.34. The highest BCUT2D eigenvalue weighted by atomic mass is 19.2. The first-order valence-corrected chi connectivity index (χ1v) is 5.30. The van der Waals surface area contributed by atoms with E-state index in [1.807, 2.05) is 0 Å². The minimum Gasteiger partial charge on any atom is -0.386 e. The van der Waals surface area contributed by atoms with Crippen molar-refractivity contribution in [2.24, 2.45) is 5.73 Å². The lowest BCUT2D eigenvalue weighted by Crippen LogP contribution is -2.20. The SMILES string of the molecule is COC/C(=C/NCc1cc(F)c(F)c(F)c1)C(N)=O. The van der Waals surface area contributed by atoms with E-state index in [2.05, 4.69) is 5.32 Å². The summed E-state index contributed by atoms with van der Waals surface area (Å²) in [5, 5.41) is 2.64. The predicted octanol–water partition coefficient (Wildman–Crippen LogP) is 1.21. The van der Waals surface area contributed by atoms with E-state index >= 15 is 0 Å². The highest BCUT2D eigenvalue weighted by Gasteiger charge is 2.10. The van der Waals surface area contributed by atoms with Crippen molar-refractivity contribution in [3.05, 3.63) is 46.9 Å². The van der Waals surface area contributed by atoms with E-state index in [-0.39, 0.29) is 24.3 Å². The number of methoxy groups -OCH3 is 1. The number of benzene rings is 1. The number of nitrogens with two attached hydrogens (primary N) is 1. The van der Waals surface area contributed by atoms with Crippen LogP contribution in [0.5, 0.6) is 0 Å². The number of amides is 1. The number of ether oxygens (including phenoxy) is 1. The van der Waals surface area contributed by atoms with Crippen LogP contribution < -0.4 is 11.1 Å². The van der Waals surface area contributed by atoms with Crippen molar-refractivity contribution in [3.63, 3.8) is 0 Å². The second-order valence-electron chi connectivity index (χ2n) is 3.72. The Kier molecular flexibility index (Phi) is 5.37. The van der Waals surface area contributed by atoms with E-state index in [4.69, 9.17) is 10.5 Å². The molecule has 0 atom stereocenters. The molecule has 0 aliphatic heterocycles. The van der Waals surface area contributed by atoms with Gasteiger partial charge in [-0.2, -0.15) is 0 Å². The van der Waals surface area contributed by atoms with E-state index in [1.165, 1.54) is 13.3 Å². The van der Waals surface area contributed by atoms with Crippen LogP contribution >= 0.6 is 0 Å². The maximum Gasteiger partial charge on any atom is 0.248 e. The smallest absolute Gasteiger partial charge is 0.248 e. The first-order valence-electron chi connectivity index (χ1n) is 5.30. The van der Waals surface area contributed by atoms with Crippen LogP contribution in [0.2, 0.25) is 0 Å². The van der Waals surface area contributed by atoms with Crippen molar-refractivity contribution in [1.82, 2.24) is 5.32 Å². The zero-order valence-corrected chi connectivity index (χ0v) is 10.2. The zero-order chi connectivity index (χ0) is 14.4. The van der Waals surface area contributed by atoms with Crippen LogP contribution in [-0.4, -0.2) is 19.6 Å².